The Bertz CT molecular complexity index is 426. The summed E-state index contributed by atoms with van der Waals surface area (Å²) in [6.45, 7) is 3.24. The van der Waals surface area contributed by atoms with Crippen LogP contribution in [0.4, 0.5) is 5.69 Å². The van der Waals surface area contributed by atoms with E-state index in [9.17, 15) is 4.79 Å². The summed E-state index contributed by atoms with van der Waals surface area (Å²) in [5.41, 5.74) is 6.86. The molecule has 0 spiro atoms. The van der Waals surface area contributed by atoms with E-state index in [1.54, 1.807) is 16.7 Å². The Labute approximate surface area is 112 Å². The Hall–Kier alpha value is -1.60. The standard InChI is InChI=1S/C12H21N5O2/c1-15-8-10(7-14-15)16-3-5-17(6-4-16)12(18)11(13)9-19-2/h7-8,11H,3-6,9,13H2,1-2H3. The van der Waals surface area contributed by atoms with E-state index in [1.165, 1.54) is 0 Å². The van der Waals surface area contributed by atoms with Gasteiger partial charge in [0.25, 0.3) is 0 Å². The Kier molecular flexibility index (Phi) is 4.39. The van der Waals surface area contributed by atoms with E-state index in [0.717, 1.165) is 18.8 Å². The van der Waals surface area contributed by atoms with Gasteiger partial charge in [-0.15, -0.1) is 0 Å². The number of nitrogens with two attached hydrogens (primary N) is 1. The molecule has 1 atom stereocenters. The van der Waals surface area contributed by atoms with Gasteiger partial charge in [-0.05, 0) is 0 Å². The van der Waals surface area contributed by atoms with Crippen LogP contribution in [0.25, 0.3) is 0 Å². The number of amides is 1. The highest BCUT2D eigenvalue weighted by atomic mass is 16.5. The fourth-order valence-electron chi connectivity index (χ4n) is 2.24. The predicted octanol–water partition coefficient (Wildman–Crippen LogP) is -0.958. The fraction of sp³-hybridized carbons (Fsp3) is 0.667. The first-order valence-corrected chi connectivity index (χ1v) is 6.38. The lowest BCUT2D eigenvalue weighted by atomic mass is 10.2. The lowest BCUT2D eigenvalue weighted by Gasteiger charge is -2.36. The monoisotopic (exact) mass is 267 g/mol. The van der Waals surface area contributed by atoms with Crippen molar-refractivity contribution in [1.29, 1.82) is 0 Å². The highest BCUT2D eigenvalue weighted by molar-refractivity contribution is 5.82. The van der Waals surface area contributed by atoms with E-state index in [-0.39, 0.29) is 12.5 Å². The number of hydrogen-bond acceptors (Lipinski definition) is 5. The average Bonchev–Trinajstić information content (AvgIpc) is 2.85. The molecule has 106 valence electrons. The van der Waals surface area contributed by atoms with Crippen LogP contribution in [0.3, 0.4) is 0 Å². The molecule has 0 radical (unpaired) electrons. The fourth-order valence-corrected chi connectivity index (χ4v) is 2.24. The second kappa shape index (κ2) is 6.03. The highest BCUT2D eigenvalue weighted by Crippen LogP contribution is 2.15. The summed E-state index contributed by atoms with van der Waals surface area (Å²) in [5.74, 6) is -0.0345. The Balaban J connectivity index is 1.87. The molecule has 2 rings (SSSR count). The number of ether oxygens (including phenoxy) is 1. The second-order valence-corrected chi connectivity index (χ2v) is 4.75. The molecular formula is C12H21N5O2. The van der Waals surface area contributed by atoms with Crippen LogP contribution in [-0.2, 0) is 16.6 Å². The molecule has 7 heteroatoms. The zero-order valence-corrected chi connectivity index (χ0v) is 11.5. The van der Waals surface area contributed by atoms with E-state index in [4.69, 9.17) is 10.5 Å². The highest BCUT2D eigenvalue weighted by Gasteiger charge is 2.25. The van der Waals surface area contributed by atoms with Crippen molar-refractivity contribution in [3.05, 3.63) is 12.4 Å². The summed E-state index contributed by atoms with van der Waals surface area (Å²) in [6, 6.07) is -0.560. The van der Waals surface area contributed by atoms with Crippen molar-refractivity contribution in [2.24, 2.45) is 12.8 Å². The lowest BCUT2D eigenvalue weighted by Crippen LogP contribution is -2.54. The van der Waals surface area contributed by atoms with Gasteiger partial charge in [-0.2, -0.15) is 5.10 Å². The molecule has 1 amide bonds. The van der Waals surface area contributed by atoms with Gasteiger partial charge in [0.05, 0.1) is 18.5 Å². The van der Waals surface area contributed by atoms with E-state index in [2.05, 4.69) is 10.00 Å². The normalized spacial score (nSPS) is 17.6. The van der Waals surface area contributed by atoms with Crippen LogP contribution >= 0.6 is 0 Å². The first-order chi connectivity index (χ1) is 9.11. The zero-order chi connectivity index (χ0) is 13.8. The van der Waals surface area contributed by atoms with Crippen molar-refractivity contribution in [2.45, 2.75) is 6.04 Å². The summed E-state index contributed by atoms with van der Waals surface area (Å²) in [4.78, 5) is 16.0. The van der Waals surface area contributed by atoms with Crippen molar-refractivity contribution in [3.8, 4) is 0 Å². The van der Waals surface area contributed by atoms with Gasteiger partial charge in [0.1, 0.15) is 6.04 Å². The van der Waals surface area contributed by atoms with Crippen molar-refractivity contribution >= 4 is 11.6 Å². The summed E-state index contributed by atoms with van der Waals surface area (Å²) in [5, 5.41) is 4.16. The van der Waals surface area contributed by atoms with Crippen LogP contribution < -0.4 is 10.6 Å². The molecule has 0 bridgehead atoms. The van der Waals surface area contributed by atoms with Crippen LogP contribution in [0, 0.1) is 0 Å². The van der Waals surface area contributed by atoms with Gasteiger partial charge >= 0.3 is 0 Å². The number of carbonyl (C=O) groups is 1. The summed E-state index contributed by atoms with van der Waals surface area (Å²) in [7, 11) is 3.44. The molecule has 2 N–H and O–H groups in total. The van der Waals surface area contributed by atoms with Crippen LogP contribution in [0.5, 0.6) is 0 Å². The molecule has 1 aromatic rings. The van der Waals surface area contributed by atoms with Gasteiger partial charge in [0, 0.05) is 46.5 Å². The van der Waals surface area contributed by atoms with Crippen LogP contribution in [0.1, 0.15) is 0 Å². The number of rotatable bonds is 4. The smallest absolute Gasteiger partial charge is 0.241 e. The van der Waals surface area contributed by atoms with E-state index in [1.807, 2.05) is 19.4 Å². The van der Waals surface area contributed by atoms with E-state index >= 15 is 0 Å². The number of aryl methyl sites for hydroxylation is 1. The van der Waals surface area contributed by atoms with Gasteiger partial charge in [-0.25, -0.2) is 0 Å². The van der Waals surface area contributed by atoms with Crippen molar-refractivity contribution < 1.29 is 9.53 Å². The number of anilines is 1. The largest absolute Gasteiger partial charge is 0.383 e. The van der Waals surface area contributed by atoms with Gasteiger partial charge in [0.15, 0.2) is 0 Å². The van der Waals surface area contributed by atoms with E-state index < -0.39 is 6.04 Å². The van der Waals surface area contributed by atoms with Gasteiger partial charge in [-0.3, -0.25) is 9.48 Å². The van der Waals surface area contributed by atoms with E-state index in [0.29, 0.717) is 13.1 Å². The van der Waals surface area contributed by atoms with Crippen LogP contribution in [-0.4, -0.2) is 66.5 Å². The third-order valence-electron chi connectivity index (χ3n) is 3.31. The minimum atomic E-state index is -0.560. The molecule has 2 heterocycles. The van der Waals surface area contributed by atoms with Gasteiger partial charge in [-0.1, -0.05) is 0 Å². The molecule has 7 nitrogen and oxygen atoms in total. The predicted molar refractivity (Wildman–Crippen MR) is 71.9 cm³/mol. The number of hydrogen-bond donors (Lipinski definition) is 1. The molecule has 1 aromatic heterocycles. The maximum atomic E-state index is 12.0. The zero-order valence-electron chi connectivity index (χ0n) is 11.5. The third kappa shape index (κ3) is 3.24. The molecular weight excluding hydrogens is 246 g/mol. The molecule has 0 saturated carbocycles. The number of aromatic nitrogens is 2. The number of nitrogens with zero attached hydrogens (tertiary/aromatic N) is 4. The maximum Gasteiger partial charge on any atom is 0.241 e. The molecule has 1 unspecified atom stereocenters. The molecule has 19 heavy (non-hydrogen) atoms. The molecule has 1 aliphatic rings. The van der Waals surface area contributed by atoms with Gasteiger partial charge < -0.3 is 20.3 Å². The Morgan fingerprint density at radius 1 is 1.47 bits per heavy atom. The SMILES string of the molecule is COCC(N)C(=O)N1CCN(c2cnn(C)c2)CC1. The average molecular weight is 267 g/mol. The van der Waals surface area contributed by atoms with Gasteiger partial charge in [0.2, 0.25) is 5.91 Å². The van der Waals surface area contributed by atoms with Crippen LogP contribution in [0.15, 0.2) is 12.4 Å². The third-order valence-corrected chi connectivity index (χ3v) is 3.31. The Morgan fingerprint density at radius 3 is 2.68 bits per heavy atom. The molecule has 0 aliphatic carbocycles. The summed E-state index contributed by atoms with van der Waals surface area (Å²) in [6.07, 6.45) is 3.82. The minimum Gasteiger partial charge on any atom is -0.383 e. The van der Waals surface area contributed by atoms with Crippen LogP contribution in [0.2, 0.25) is 0 Å². The number of piperazine rings is 1. The molecule has 1 aliphatic heterocycles. The van der Waals surface area contributed by atoms with Crippen molar-refractivity contribution in [1.82, 2.24) is 14.7 Å². The lowest BCUT2D eigenvalue weighted by molar-refractivity contribution is -0.134. The van der Waals surface area contributed by atoms with Crippen molar-refractivity contribution in [3.63, 3.8) is 0 Å². The number of carbonyl (C=O) groups excluding carboxylic acids is 1. The second-order valence-electron chi connectivity index (χ2n) is 4.75. The minimum absolute atomic E-state index is 0.0345. The summed E-state index contributed by atoms with van der Waals surface area (Å²) >= 11 is 0. The summed E-state index contributed by atoms with van der Waals surface area (Å²) < 4.78 is 6.69. The molecule has 0 aromatic carbocycles. The quantitative estimate of drug-likeness (QED) is 0.760. The first kappa shape index (κ1) is 13.8. The maximum absolute atomic E-state index is 12.0. The van der Waals surface area contributed by atoms with Crippen molar-refractivity contribution in [2.75, 3.05) is 44.8 Å². The first-order valence-electron chi connectivity index (χ1n) is 6.38. The number of methoxy groups -OCH3 is 1. The Morgan fingerprint density at radius 2 is 2.16 bits per heavy atom. The topological polar surface area (TPSA) is 76.6 Å². The molecule has 1 fully saturated rings. The molecule has 1 saturated heterocycles.